The van der Waals surface area contributed by atoms with Crippen LogP contribution in [0.25, 0.3) is 0 Å². The van der Waals surface area contributed by atoms with Crippen molar-refractivity contribution in [3.63, 3.8) is 0 Å². The molecule has 4 nitrogen and oxygen atoms in total. The lowest BCUT2D eigenvalue weighted by Gasteiger charge is -2.13. The summed E-state index contributed by atoms with van der Waals surface area (Å²) in [7, 11) is 0. The highest BCUT2D eigenvalue weighted by Crippen LogP contribution is 2.12. The Morgan fingerprint density at radius 3 is 3.00 bits per heavy atom. The van der Waals surface area contributed by atoms with E-state index in [0.717, 1.165) is 5.69 Å². The minimum Gasteiger partial charge on any atom is -0.389 e. The molecule has 0 aliphatic rings. The molecule has 0 bridgehead atoms. The van der Waals surface area contributed by atoms with E-state index >= 15 is 0 Å². The second-order valence-electron chi connectivity index (χ2n) is 3.77. The number of aliphatic hydroxyl groups excluding tert-OH is 1. The Morgan fingerprint density at radius 1 is 1.41 bits per heavy atom. The molecule has 0 saturated carbocycles. The Morgan fingerprint density at radius 2 is 2.29 bits per heavy atom. The summed E-state index contributed by atoms with van der Waals surface area (Å²) in [5, 5.41) is 17.1. The number of benzene rings is 1. The van der Waals surface area contributed by atoms with E-state index in [-0.39, 0.29) is 0 Å². The van der Waals surface area contributed by atoms with Crippen molar-refractivity contribution in [1.29, 1.82) is 0 Å². The molecule has 0 fully saturated rings. The largest absolute Gasteiger partial charge is 0.389 e. The minimum absolute atomic E-state index is 0.451. The molecule has 2 N–H and O–H groups in total. The fourth-order valence-corrected chi connectivity index (χ4v) is 2.07. The molecule has 90 valence electrons. The highest BCUT2D eigenvalue weighted by atomic mass is 127. The van der Waals surface area contributed by atoms with E-state index in [4.69, 9.17) is 0 Å². The van der Waals surface area contributed by atoms with Crippen LogP contribution in [0.4, 0.5) is 5.69 Å². The lowest BCUT2D eigenvalue weighted by Crippen LogP contribution is -2.25. The fraction of sp³-hybridized carbons (Fsp3) is 0.250. The van der Waals surface area contributed by atoms with Crippen molar-refractivity contribution in [2.24, 2.45) is 0 Å². The van der Waals surface area contributed by atoms with Crippen LogP contribution in [0.5, 0.6) is 0 Å². The SMILES string of the molecule is OC(CNc1cccc(I)c1)Cn1cccn1. The van der Waals surface area contributed by atoms with Crippen LogP contribution in [-0.2, 0) is 6.54 Å². The number of nitrogens with zero attached hydrogens (tertiary/aromatic N) is 2. The summed E-state index contributed by atoms with van der Waals surface area (Å²) < 4.78 is 2.90. The van der Waals surface area contributed by atoms with Crippen molar-refractivity contribution in [1.82, 2.24) is 9.78 Å². The van der Waals surface area contributed by atoms with Crippen molar-refractivity contribution in [2.75, 3.05) is 11.9 Å². The van der Waals surface area contributed by atoms with Crippen LogP contribution in [-0.4, -0.2) is 27.5 Å². The molecular weight excluding hydrogens is 329 g/mol. The Balaban J connectivity index is 1.82. The molecule has 2 rings (SSSR count). The highest BCUT2D eigenvalue weighted by molar-refractivity contribution is 14.1. The maximum Gasteiger partial charge on any atom is 0.0907 e. The van der Waals surface area contributed by atoms with Gasteiger partial charge in [-0.25, -0.2) is 0 Å². The molecule has 0 radical (unpaired) electrons. The molecule has 5 heteroatoms. The maximum absolute atomic E-state index is 9.83. The zero-order chi connectivity index (χ0) is 12.1. The van der Waals surface area contributed by atoms with Crippen molar-refractivity contribution < 1.29 is 5.11 Å². The predicted molar refractivity (Wildman–Crippen MR) is 75.9 cm³/mol. The lowest BCUT2D eigenvalue weighted by molar-refractivity contribution is 0.161. The molecular formula is C12H14IN3O. The molecule has 2 aromatic rings. The summed E-state index contributed by atoms with van der Waals surface area (Å²) in [6.07, 6.45) is 3.10. The molecule has 1 unspecified atom stereocenters. The Labute approximate surface area is 114 Å². The molecule has 1 aromatic carbocycles. The standard InChI is InChI=1S/C12H14IN3O/c13-10-3-1-4-11(7-10)14-8-12(17)9-16-6-2-5-15-16/h1-7,12,14,17H,8-9H2. The molecule has 0 spiro atoms. The second-order valence-corrected chi connectivity index (χ2v) is 5.02. The quantitative estimate of drug-likeness (QED) is 0.816. The van der Waals surface area contributed by atoms with Gasteiger partial charge in [-0.2, -0.15) is 5.10 Å². The minimum atomic E-state index is -0.451. The van der Waals surface area contributed by atoms with Gasteiger partial charge in [0.05, 0.1) is 12.6 Å². The number of aliphatic hydroxyl groups is 1. The molecule has 0 aliphatic carbocycles. The van der Waals surface area contributed by atoms with E-state index in [1.165, 1.54) is 3.57 Å². The molecule has 1 aromatic heterocycles. The van der Waals surface area contributed by atoms with Gasteiger partial charge >= 0.3 is 0 Å². The van der Waals surface area contributed by atoms with Gasteiger partial charge in [0.1, 0.15) is 0 Å². The second kappa shape index (κ2) is 6.02. The number of rotatable bonds is 5. The van der Waals surface area contributed by atoms with Crippen molar-refractivity contribution >= 4 is 28.3 Å². The van der Waals surface area contributed by atoms with E-state index in [0.29, 0.717) is 13.1 Å². The first-order valence-electron chi connectivity index (χ1n) is 5.39. The first-order valence-corrected chi connectivity index (χ1v) is 6.47. The molecule has 17 heavy (non-hydrogen) atoms. The third-order valence-electron chi connectivity index (χ3n) is 2.32. The number of aromatic nitrogens is 2. The summed E-state index contributed by atoms with van der Waals surface area (Å²) in [5.41, 5.74) is 1.02. The summed E-state index contributed by atoms with van der Waals surface area (Å²) in [5.74, 6) is 0. The third-order valence-corrected chi connectivity index (χ3v) is 2.99. The van der Waals surface area contributed by atoms with E-state index < -0.39 is 6.10 Å². The first kappa shape index (κ1) is 12.4. The van der Waals surface area contributed by atoms with Gasteiger partial charge in [-0.3, -0.25) is 4.68 Å². The van der Waals surface area contributed by atoms with Gasteiger partial charge < -0.3 is 10.4 Å². The van der Waals surface area contributed by atoms with Crippen LogP contribution >= 0.6 is 22.6 Å². The number of halogens is 1. The third kappa shape index (κ3) is 4.01. The van der Waals surface area contributed by atoms with E-state index in [1.807, 2.05) is 36.5 Å². The zero-order valence-electron chi connectivity index (χ0n) is 9.25. The van der Waals surface area contributed by atoms with Gasteiger partial charge in [0.15, 0.2) is 0 Å². The zero-order valence-corrected chi connectivity index (χ0v) is 11.4. The number of anilines is 1. The number of nitrogens with one attached hydrogen (secondary N) is 1. The molecule has 0 aliphatic heterocycles. The van der Waals surface area contributed by atoms with Gasteiger partial charge in [-0.1, -0.05) is 6.07 Å². The summed E-state index contributed by atoms with van der Waals surface area (Å²) >= 11 is 2.26. The van der Waals surface area contributed by atoms with Crippen molar-refractivity contribution in [3.05, 3.63) is 46.3 Å². The average Bonchev–Trinajstić information content (AvgIpc) is 2.79. The van der Waals surface area contributed by atoms with E-state index in [2.05, 4.69) is 33.0 Å². The maximum atomic E-state index is 9.83. The van der Waals surface area contributed by atoms with Gasteiger partial charge in [-0.05, 0) is 46.9 Å². The monoisotopic (exact) mass is 343 g/mol. The normalized spacial score (nSPS) is 12.4. The predicted octanol–water partition coefficient (Wildman–Crippen LogP) is 1.96. The summed E-state index contributed by atoms with van der Waals surface area (Å²) in [6.45, 7) is 1.02. The van der Waals surface area contributed by atoms with Crippen LogP contribution in [0, 0.1) is 3.57 Å². The van der Waals surface area contributed by atoms with E-state index in [1.54, 1.807) is 10.9 Å². The van der Waals surface area contributed by atoms with Crippen LogP contribution in [0.15, 0.2) is 42.7 Å². The van der Waals surface area contributed by atoms with Gasteiger partial charge in [0.2, 0.25) is 0 Å². The fourth-order valence-electron chi connectivity index (χ4n) is 1.52. The molecule has 1 heterocycles. The smallest absolute Gasteiger partial charge is 0.0907 e. The first-order chi connectivity index (χ1) is 8.24. The Hall–Kier alpha value is -1.08. The van der Waals surface area contributed by atoms with Crippen molar-refractivity contribution in [2.45, 2.75) is 12.6 Å². The van der Waals surface area contributed by atoms with Crippen LogP contribution in [0.1, 0.15) is 0 Å². The molecule has 1 atom stereocenters. The lowest BCUT2D eigenvalue weighted by atomic mass is 10.3. The van der Waals surface area contributed by atoms with Gasteiger partial charge in [-0.15, -0.1) is 0 Å². The molecule has 0 saturated heterocycles. The Kier molecular flexibility index (Phi) is 4.38. The van der Waals surface area contributed by atoms with Gasteiger partial charge in [0, 0.05) is 28.2 Å². The Bertz CT molecular complexity index is 459. The topological polar surface area (TPSA) is 50.1 Å². The highest BCUT2D eigenvalue weighted by Gasteiger charge is 2.05. The average molecular weight is 343 g/mol. The van der Waals surface area contributed by atoms with Crippen LogP contribution in [0.3, 0.4) is 0 Å². The number of hydrogen-bond donors (Lipinski definition) is 2. The van der Waals surface area contributed by atoms with Crippen LogP contribution in [0.2, 0.25) is 0 Å². The van der Waals surface area contributed by atoms with Crippen molar-refractivity contribution in [3.8, 4) is 0 Å². The molecule has 0 amide bonds. The van der Waals surface area contributed by atoms with Gasteiger partial charge in [0.25, 0.3) is 0 Å². The summed E-state index contributed by atoms with van der Waals surface area (Å²) in [6, 6.07) is 9.90. The summed E-state index contributed by atoms with van der Waals surface area (Å²) in [4.78, 5) is 0. The van der Waals surface area contributed by atoms with E-state index in [9.17, 15) is 5.11 Å². The van der Waals surface area contributed by atoms with Crippen LogP contribution < -0.4 is 5.32 Å². The number of hydrogen-bond acceptors (Lipinski definition) is 3.